The van der Waals surface area contributed by atoms with Crippen molar-refractivity contribution in [2.24, 2.45) is 11.7 Å². The molecule has 2 N–H and O–H groups in total. The summed E-state index contributed by atoms with van der Waals surface area (Å²) < 4.78 is 5.71. The minimum atomic E-state index is -0.996. The van der Waals surface area contributed by atoms with Gasteiger partial charge in [-0.2, -0.15) is 0 Å². The van der Waals surface area contributed by atoms with Crippen molar-refractivity contribution in [1.82, 2.24) is 0 Å². The minimum absolute atomic E-state index is 0.00797. The fraction of sp³-hybridized carbons (Fsp3) is 0.211. The molecule has 1 fully saturated rings. The zero-order valence-corrected chi connectivity index (χ0v) is 13.6. The van der Waals surface area contributed by atoms with Crippen molar-refractivity contribution >= 4 is 23.3 Å². The number of Topliss-reactive ketones (excluding diaryl/α,β-unsaturated/α-hetero) is 1. The number of ether oxygens (including phenoxy) is 1. The summed E-state index contributed by atoms with van der Waals surface area (Å²) in [6.07, 6.45) is 0.00797. The first-order valence-electron chi connectivity index (χ1n) is 7.95. The summed E-state index contributed by atoms with van der Waals surface area (Å²) in [5, 5.41) is 0. The molecule has 1 aliphatic heterocycles. The lowest BCUT2D eigenvalue weighted by Crippen LogP contribution is -2.32. The summed E-state index contributed by atoms with van der Waals surface area (Å²) in [6, 6.07) is 16.9. The second-order valence-electron chi connectivity index (χ2n) is 5.90. The van der Waals surface area contributed by atoms with Crippen molar-refractivity contribution < 1.29 is 19.1 Å². The van der Waals surface area contributed by atoms with Crippen LogP contribution in [0, 0.1) is 5.92 Å². The van der Waals surface area contributed by atoms with Crippen LogP contribution in [0.4, 0.5) is 5.69 Å². The van der Waals surface area contributed by atoms with Crippen LogP contribution in [0.25, 0.3) is 0 Å². The number of amides is 2. The summed E-state index contributed by atoms with van der Waals surface area (Å²) >= 11 is 0. The van der Waals surface area contributed by atoms with Crippen molar-refractivity contribution in [3.63, 3.8) is 0 Å². The summed E-state index contributed by atoms with van der Waals surface area (Å²) in [6.45, 7) is 0.628. The van der Waals surface area contributed by atoms with Gasteiger partial charge in [0, 0.05) is 18.7 Å². The number of rotatable bonds is 6. The van der Waals surface area contributed by atoms with Gasteiger partial charge >= 0.3 is 0 Å². The summed E-state index contributed by atoms with van der Waals surface area (Å²) in [5.41, 5.74) is 6.74. The molecule has 6 heteroatoms. The normalized spacial score (nSPS) is 16.7. The van der Waals surface area contributed by atoms with E-state index in [1.54, 1.807) is 24.3 Å². The van der Waals surface area contributed by atoms with E-state index in [2.05, 4.69) is 0 Å². The third-order valence-electron chi connectivity index (χ3n) is 4.14. The van der Waals surface area contributed by atoms with Crippen molar-refractivity contribution in [3.8, 4) is 5.75 Å². The molecule has 1 aliphatic rings. The van der Waals surface area contributed by atoms with E-state index in [9.17, 15) is 14.4 Å². The van der Waals surface area contributed by atoms with E-state index in [1.165, 1.54) is 4.90 Å². The molecule has 0 saturated carbocycles. The molecule has 1 heterocycles. The highest BCUT2D eigenvalue weighted by atomic mass is 16.5. The van der Waals surface area contributed by atoms with Gasteiger partial charge in [0.1, 0.15) is 12.4 Å². The first-order valence-corrected chi connectivity index (χ1v) is 7.95. The number of hydrogen-bond acceptors (Lipinski definition) is 4. The van der Waals surface area contributed by atoms with E-state index >= 15 is 0 Å². The van der Waals surface area contributed by atoms with Crippen molar-refractivity contribution in [3.05, 3.63) is 60.2 Å². The number of hydrogen-bond donors (Lipinski definition) is 1. The fourth-order valence-electron chi connectivity index (χ4n) is 2.80. The van der Waals surface area contributed by atoms with Gasteiger partial charge < -0.3 is 15.4 Å². The van der Waals surface area contributed by atoms with Crippen molar-refractivity contribution in [1.29, 1.82) is 0 Å². The Morgan fingerprint density at radius 3 is 2.40 bits per heavy atom. The van der Waals surface area contributed by atoms with Gasteiger partial charge in [-0.05, 0) is 29.8 Å². The van der Waals surface area contributed by atoms with E-state index in [0.717, 1.165) is 5.56 Å². The Kier molecular flexibility index (Phi) is 4.79. The minimum Gasteiger partial charge on any atom is -0.489 e. The molecule has 1 atom stereocenters. The number of carbonyl (C=O) groups excluding carboxylic acids is 3. The Bertz CT molecular complexity index is 787. The predicted octanol–water partition coefficient (Wildman–Crippen LogP) is 1.67. The summed E-state index contributed by atoms with van der Waals surface area (Å²) in [5.74, 6) is -1.87. The molecule has 3 rings (SSSR count). The van der Waals surface area contributed by atoms with Crippen molar-refractivity contribution in [2.45, 2.75) is 13.0 Å². The third-order valence-corrected chi connectivity index (χ3v) is 4.14. The van der Waals surface area contributed by atoms with Gasteiger partial charge in [0.2, 0.25) is 11.7 Å². The average Bonchev–Trinajstić information content (AvgIpc) is 3.02. The SMILES string of the molecule is NC(=O)C(=O)[C@@H]1CC(=O)N(c2ccc(OCc3ccccc3)cc2)C1. The van der Waals surface area contributed by atoms with Gasteiger partial charge in [-0.1, -0.05) is 30.3 Å². The van der Waals surface area contributed by atoms with E-state index in [-0.39, 0.29) is 18.9 Å². The zero-order chi connectivity index (χ0) is 17.8. The maximum atomic E-state index is 12.1. The second-order valence-corrected chi connectivity index (χ2v) is 5.90. The monoisotopic (exact) mass is 338 g/mol. The number of nitrogens with two attached hydrogens (primary N) is 1. The van der Waals surface area contributed by atoms with Gasteiger partial charge in [-0.15, -0.1) is 0 Å². The lowest BCUT2D eigenvalue weighted by atomic mass is 10.0. The average molecular weight is 338 g/mol. The van der Waals surface area contributed by atoms with Crippen LogP contribution in [0.3, 0.4) is 0 Å². The van der Waals surface area contributed by atoms with E-state index in [0.29, 0.717) is 18.0 Å². The highest BCUT2D eigenvalue weighted by molar-refractivity contribution is 6.37. The smallest absolute Gasteiger partial charge is 0.285 e. The lowest BCUT2D eigenvalue weighted by Gasteiger charge is -2.17. The highest BCUT2D eigenvalue weighted by Gasteiger charge is 2.36. The largest absolute Gasteiger partial charge is 0.489 e. The number of anilines is 1. The van der Waals surface area contributed by atoms with E-state index < -0.39 is 17.6 Å². The first-order chi connectivity index (χ1) is 12.0. The number of primary amides is 1. The molecule has 0 unspecified atom stereocenters. The second kappa shape index (κ2) is 7.17. The van der Waals surface area contributed by atoms with Crippen LogP contribution in [-0.4, -0.2) is 24.1 Å². The Labute approximate surface area is 145 Å². The van der Waals surface area contributed by atoms with Crippen molar-refractivity contribution in [2.75, 3.05) is 11.4 Å². The van der Waals surface area contributed by atoms with Crippen LogP contribution >= 0.6 is 0 Å². The Morgan fingerprint density at radius 1 is 1.08 bits per heavy atom. The molecule has 2 amide bonds. The van der Waals surface area contributed by atoms with Crippen LogP contribution < -0.4 is 15.4 Å². The molecule has 128 valence electrons. The van der Waals surface area contributed by atoms with Crippen LogP contribution in [0.15, 0.2) is 54.6 Å². The number of ketones is 1. The standard InChI is InChI=1S/C19H18N2O4/c20-19(24)18(23)14-10-17(22)21(11-14)15-6-8-16(9-7-15)25-12-13-4-2-1-3-5-13/h1-9,14H,10-12H2,(H2,20,24)/t14-/m1/s1. The van der Waals surface area contributed by atoms with Gasteiger partial charge in [0.05, 0.1) is 5.92 Å². The lowest BCUT2D eigenvalue weighted by molar-refractivity contribution is -0.138. The molecule has 0 radical (unpaired) electrons. The maximum Gasteiger partial charge on any atom is 0.285 e. The van der Waals surface area contributed by atoms with Crippen LogP contribution in [0.1, 0.15) is 12.0 Å². The molecular weight excluding hydrogens is 320 g/mol. The van der Waals surface area contributed by atoms with Crippen LogP contribution in [0.5, 0.6) is 5.75 Å². The topological polar surface area (TPSA) is 89.7 Å². The van der Waals surface area contributed by atoms with E-state index in [1.807, 2.05) is 30.3 Å². The molecule has 2 aromatic rings. The number of nitrogens with zero attached hydrogens (tertiary/aromatic N) is 1. The maximum absolute atomic E-state index is 12.1. The predicted molar refractivity (Wildman–Crippen MR) is 91.9 cm³/mol. The van der Waals surface area contributed by atoms with Gasteiger partial charge in [-0.25, -0.2) is 0 Å². The van der Waals surface area contributed by atoms with Gasteiger partial charge in [0.15, 0.2) is 0 Å². The summed E-state index contributed by atoms with van der Waals surface area (Å²) in [7, 11) is 0. The zero-order valence-electron chi connectivity index (χ0n) is 13.6. The van der Waals surface area contributed by atoms with Gasteiger partial charge in [-0.3, -0.25) is 14.4 Å². The van der Waals surface area contributed by atoms with E-state index in [4.69, 9.17) is 10.5 Å². The molecule has 0 bridgehead atoms. The molecule has 6 nitrogen and oxygen atoms in total. The summed E-state index contributed by atoms with van der Waals surface area (Å²) in [4.78, 5) is 36.3. The molecule has 1 saturated heterocycles. The highest BCUT2D eigenvalue weighted by Crippen LogP contribution is 2.27. The Morgan fingerprint density at radius 2 is 1.76 bits per heavy atom. The number of carbonyl (C=O) groups is 3. The molecular formula is C19H18N2O4. The first kappa shape index (κ1) is 16.7. The molecule has 0 aromatic heterocycles. The molecule has 2 aromatic carbocycles. The quantitative estimate of drug-likeness (QED) is 0.811. The molecule has 0 aliphatic carbocycles. The van der Waals surface area contributed by atoms with Crippen LogP contribution in [-0.2, 0) is 21.0 Å². The molecule has 25 heavy (non-hydrogen) atoms. The molecule has 0 spiro atoms. The Balaban J connectivity index is 1.63. The number of benzene rings is 2. The Hall–Kier alpha value is -3.15. The van der Waals surface area contributed by atoms with Gasteiger partial charge in [0.25, 0.3) is 5.91 Å². The third kappa shape index (κ3) is 3.85. The van der Waals surface area contributed by atoms with Crippen LogP contribution in [0.2, 0.25) is 0 Å². The fourth-order valence-corrected chi connectivity index (χ4v) is 2.80.